The van der Waals surface area contributed by atoms with Crippen molar-refractivity contribution in [2.24, 2.45) is 0 Å². The molecule has 0 unspecified atom stereocenters. The van der Waals surface area contributed by atoms with Gasteiger partial charge in [0.1, 0.15) is 18.2 Å². The summed E-state index contributed by atoms with van der Waals surface area (Å²) in [4.78, 5) is 13.6. The molecule has 0 fully saturated rings. The third-order valence-corrected chi connectivity index (χ3v) is 6.28. The van der Waals surface area contributed by atoms with E-state index in [-0.39, 0.29) is 11.5 Å². The van der Waals surface area contributed by atoms with E-state index in [2.05, 4.69) is 5.10 Å². The normalized spacial score (nSPS) is 11.4. The Balaban J connectivity index is 1.80. The molecule has 0 bridgehead atoms. The SMILES string of the molecule is CS(=O)(=O)c1ccc(-c2cnn(-c3cccc(Cl)c3)c(=O)c2COc2ccc(F)cc2)cc1. The van der Waals surface area contributed by atoms with Crippen LogP contribution in [-0.4, -0.2) is 24.5 Å². The minimum Gasteiger partial charge on any atom is -0.489 e. The zero-order valence-electron chi connectivity index (χ0n) is 17.4. The molecule has 33 heavy (non-hydrogen) atoms. The molecule has 0 N–H and O–H groups in total. The molecule has 0 aliphatic heterocycles. The van der Waals surface area contributed by atoms with Crippen LogP contribution in [0.1, 0.15) is 5.56 Å². The summed E-state index contributed by atoms with van der Waals surface area (Å²) in [6.07, 6.45) is 2.64. The first-order chi connectivity index (χ1) is 15.7. The first-order valence-electron chi connectivity index (χ1n) is 9.78. The lowest BCUT2D eigenvalue weighted by molar-refractivity contribution is 0.303. The van der Waals surface area contributed by atoms with Gasteiger partial charge < -0.3 is 4.74 Å². The van der Waals surface area contributed by atoms with Crippen molar-refractivity contribution in [1.82, 2.24) is 9.78 Å². The monoisotopic (exact) mass is 484 g/mol. The van der Waals surface area contributed by atoms with Gasteiger partial charge in [-0.05, 0) is 60.2 Å². The van der Waals surface area contributed by atoms with Gasteiger partial charge in [-0.25, -0.2) is 12.8 Å². The quantitative estimate of drug-likeness (QED) is 0.397. The lowest BCUT2D eigenvalue weighted by Gasteiger charge is -2.14. The lowest BCUT2D eigenvalue weighted by Crippen LogP contribution is -2.26. The van der Waals surface area contributed by atoms with Gasteiger partial charge in [-0.1, -0.05) is 29.8 Å². The zero-order valence-corrected chi connectivity index (χ0v) is 19.0. The standard InChI is InChI=1S/C24H18ClFN2O4S/c1-33(30,31)21-11-5-16(6-12-21)22-14-27-28(19-4-2-3-17(25)13-19)24(29)23(22)15-32-20-9-7-18(26)8-10-20/h2-14H,15H2,1H3. The van der Waals surface area contributed by atoms with Crippen LogP contribution in [0, 0.1) is 5.82 Å². The smallest absolute Gasteiger partial charge is 0.278 e. The predicted octanol–water partition coefficient (Wildman–Crippen LogP) is 4.67. The van der Waals surface area contributed by atoms with Gasteiger partial charge >= 0.3 is 0 Å². The summed E-state index contributed by atoms with van der Waals surface area (Å²) >= 11 is 6.07. The Labute approximate surface area is 194 Å². The Morgan fingerprint density at radius 1 is 1.03 bits per heavy atom. The molecule has 0 saturated heterocycles. The summed E-state index contributed by atoms with van der Waals surface area (Å²) in [5, 5.41) is 4.74. The van der Waals surface area contributed by atoms with Crippen LogP contribution in [-0.2, 0) is 16.4 Å². The summed E-state index contributed by atoms with van der Waals surface area (Å²) in [6.45, 7) is -0.114. The van der Waals surface area contributed by atoms with Crippen molar-refractivity contribution in [3.8, 4) is 22.6 Å². The van der Waals surface area contributed by atoms with Crippen LogP contribution < -0.4 is 10.3 Å². The fourth-order valence-corrected chi connectivity index (χ4v) is 4.05. The molecular formula is C24H18ClFN2O4S. The van der Waals surface area contributed by atoms with E-state index in [0.717, 1.165) is 6.26 Å². The van der Waals surface area contributed by atoms with E-state index in [0.29, 0.717) is 33.1 Å². The van der Waals surface area contributed by atoms with Gasteiger partial charge in [-0.2, -0.15) is 9.78 Å². The minimum absolute atomic E-state index is 0.114. The molecule has 6 nitrogen and oxygen atoms in total. The van der Waals surface area contributed by atoms with E-state index in [1.165, 1.54) is 47.3 Å². The second-order valence-electron chi connectivity index (χ2n) is 7.27. The lowest BCUT2D eigenvalue weighted by atomic mass is 10.0. The van der Waals surface area contributed by atoms with Crippen molar-refractivity contribution in [3.63, 3.8) is 0 Å². The van der Waals surface area contributed by atoms with E-state index in [9.17, 15) is 17.6 Å². The van der Waals surface area contributed by atoms with Crippen molar-refractivity contribution < 1.29 is 17.5 Å². The van der Waals surface area contributed by atoms with Crippen molar-refractivity contribution >= 4 is 21.4 Å². The zero-order chi connectivity index (χ0) is 23.6. The fourth-order valence-electron chi connectivity index (χ4n) is 3.24. The summed E-state index contributed by atoms with van der Waals surface area (Å²) in [7, 11) is -3.37. The topological polar surface area (TPSA) is 78.3 Å². The Kier molecular flexibility index (Phi) is 6.31. The Bertz CT molecular complexity index is 1470. The molecule has 168 valence electrons. The van der Waals surface area contributed by atoms with E-state index >= 15 is 0 Å². The highest BCUT2D eigenvalue weighted by molar-refractivity contribution is 7.90. The van der Waals surface area contributed by atoms with E-state index < -0.39 is 21.2 Å². The number of nitrogens with zero attached hydrogens (tertiary/aromatic N) is 2. The van der Waals surface area contributed by atoms with Gasteiger partial charge in [0.2, 0.25) is 0 Å². The number of rotatable bonds is 6. The Morgan fingerprint density at radius 3 is 2.36 bits per heavy atom. The highest BCUT2D eigenvalue weighted by Gasteiger charge is 2.16. The van der Waals surface area contributed by atoms with Gasteiger partial charge in [-0.15, -0.1) is 0 Å². The third kappa shape index (κ3) is 5.13. The van der Waals surface area contributed by atoms with Gasteiger partial charge in [0.15, 0.2) is 9.84 Å². The summed E-state index contributed by atoms with van der Waals surface area (Å²) in [5.74, 6) is -0.0125. The number of sulfone groups is 1. The first kappa shape index (κ1) is 22.7. The molecule has 3 aromatic carbocycles. The average Bonchev–Trinajstić information content (AvgIpc) is 2.79. The van der Waals surface area contributed by atoms with E-state index in [1.54, 1.807) is 36.4 Å². The van der Waals surface area contributed by atoms with Crippen molar-refractivity contribution in [3.05, 3.63) is 106 Å². The van der Waals surface area contributed by atoms with Gasteiger partial charge in [0, 0.05) is 16.8 Å². The van der Waals surface area contributed by atoms with Crippen LogP contribution in [0.5, 0.6) is 5.75 Å². The summed E-state index contributed by atoms with van der Waals surface area (Å²) < 4.78 is 43.8. The number of aromatic nitrogens is 2. The van der Waals surface area contributed by atoms with Crippen LogP contribution in [0.2, 0.25) is 5.02 Å². The molecular weight excluding hydrogens is 467 g/mol. The van der Waals surface area contributed by atoms with Crippen molar-refractivity contribution in [1.29, 1.82) is 0 Å². The molecule has 0 aliphatic rings. The largest absolute Gasteiger partial charge is 0.489 e. The third-order valence-electron chi connectivity index (χ3n) is 4.92. The number of ether oxygens (including phenoxy) is 1. The second-order valence-corrected chi connectivity index (χ2v) is 9.72. The van der Waals surface area contributed by atoms with Gasteiger partial charge in [0.25, 0.3) is 5.56 Å². The minimum atomic E-state index is -3.37. The summed E-state index contributed by atoms with van der Waals surface area (Å²) in [6, 6.07) is 18.3. The van der Waals surface area contributed by atoms with Crippen LogP contribution in [0.15, 0.2) is 88.7 Å². The van der Waals surface area contributed by atoms with Crippen LogP contribution in [0.4, 0.5) is 4.39 Å². The van der Waals surface area contributed by atoms with Crippen molar-refractivity contribution in [2.75, 3.05) is 6.26 Å². The molecule has 1 aromatic heterocycles. The van der Waals surface area contributed by atoms with Crippen LogP contribution in [0.25, 0.3) is 16.8 Å². The van der Waals surface area contributed by atoms with E-state index in [1.807, 2.05) is 0 Å². The number of hydrogen-bond acceptors (Lipinski definition) is 5. The Hall–Kier alpha value is -3.49. The molecule has 0 radical (unpaired) electrons. The number of hydrogen-bond donors (Lipinski definition) is 0. The highest BCUT2D eigenvalue weighted by atomic mass is 35.5. The van der Waals surface area contributed by atoms with E-state index in [4.69, 9.17) is 16.3 Å². The fraction of sp³-hybridized carbons (Fsp3) is 0.0833. The number of halogens is 2. The first-order valence-corrected chi connectivity index (χ1v) is 12.1. The summed E-state index contributed by atoms with van der Waals surface area (Å²) in [5.41, 5.74) is 1.43. The number of benzene rings is 3. The highest BCUT2D eigenvalue weighted by Crippen LogP contribution is 2.25. The van der Waals surface area contributed by atoms with Gasteiger partial charge in [-0.3, -0.25) is 4.79 Å². The molecule has 1 heterocycles. The molecule has 0 aliphatic carbocycles. The Morgan fingerprint density at radius 2 is 1.73 bits per heavy atom. The molecule has 0 saturated carbocycles. The molecule has 4 aromatic rings. The van der Waals surface area contributed by atoms with Crippen LogP contribution in [0.3, 0.4) is 0 Å². The molecule has 4 rings (SSSR count). The maximum atomic E-state index is 13.4. The molecule has 0 amide bonds. The predicted molar refractivity (Wildman–Crippen MR) is 124 cm³/mol. The molecule has 9 heteroatoms. The van der Waals surface area contributed by atoms with Gasteiger partial charge in [0.05, 0.1) is 22.3 Å². The second kappa shape index (κ2) is 9.17. The van der Waals surface area contributed by atoms with Crippen LogP contribution >= 0.6 is 11.6 Å². The molecule has 0 spiro atoms. The maximum absolute atomic E-state index is 13.4. The maximum Gasteiger partial charge on any atom is 0.278 e. The molecule has 0 atom stereocenters. The average molecular weight is 485 g/mol. The van der Waals surface area contributed by atoms with Crippen molar-refractivity contribution in [2.45, 2.75) is 11.5 Å².